The third-order valence-corrected chi connectivity index (χ3v) is 2.64. The van der Waals surface area contributed by atoms with Gasteiger partial charge in [0.25, 0.3) is 0 Å². The van der Waals surface area contributed by atoms with Crippen LogP contribution in [0.2, 0.25) is 0 Å². The lowest BCUT2D eigenvalue weighted by molar-refractivity contribution is 0.198. The molecule has 0 radical (unpaired) electrons. The van der Waals surface area contributed by atoms with E-state index in [0.29, 0.717) is 0 Å². The molecule has 0 aliphatic rings. The monoisotopic (exact) mass is 253 g/mol. The van der Waals surface area contributed by atoms with E-state index in [1.807, 2.05) is 0 Å². The molecule has 0 saturated carbocycles. The molecule has 1 aromatic heterocycles. The molecular formula is C13H10F3NO. The van der Waals surface area contributed by atoms with Crippen LogP contribution in [0.5, 0.6) is 0 Å². The van der Waals surface area contributed by atoms with E-state index in [9.17, 15) is 18.3 Å². The van der Waals surface area contributed by atoms with Gasteiger partial charge in [-0.05, 0) is 30.7 Å². The fourth-order valence-corrected chi connectivity index (χ4v) is 1.66. The predicted octanol–water partition coefficient (Wildman–Crippen LogP) is 2.89. The number of aliphatic hydroxyl groups is 1. The fraction of sp³-hybridized carbons (Fsp3) is 0.154. The summed E-state index contributed by atoms with van der Waals surface area (Å²) in [5, 5.41) is 9.88. The van der Waals surface area contributed by atoms with Crippen LogP contribution in [0.4, 0.5) is 13.2 Å². The minimum Gasteiger partial charge on any atom is -0.382 e. The molecule has 0 saturated heterocycles. The van der Waals surface area contributed by atoms with Gasteiger partial charge in [-0.3, -0.25) is 4.98 Å². The first kappa shape index (κ1) is 12.6. The molecule has 0 aliphatic carbocycles. The van der Waals surface area contributed by atoms with Gasteiger partial charge in [0.1, 0.15) is 29.2 Å². The summed E-state index contributed by atoms with van der Waals surface area (Å²) in [5.74, 6) is -2.64. The average Bonchev–Trinajstić information content (AvgIpc) is 2.35. The minimum absolute atomic E-state index is 0.168. The number of hydrogen-bond acceptors (Lipinski definition) is 2. The highest BCUT2D eigenvalue weighted by Gasteiger charge is 2.24. The highest BCUT2D eigenvalue weighted by Crippen LogP contribution is 2.28. The molecule has 94 valence electrons. The number of aryl methyl sites for hydroxylation is 1. The van der Waals surface area contributed by atoms with Crippen LogP contribution >= 0.6 is 0 Å². The van der Waals surface area contributed by atoms with Gasteiger partial charge in [0.2, 0.25) is 0 Å². The van der Waals surface area contributed by atoms with Crippen LogP contribution in [0.3, 0.4) is 0 Å². The second-order valence-electron chi connectivity index (χ2n) is 3.86. The van der Waals surface area contributed by atoms with Crippen molar-refractivity contribution in [1.82, 2.24) is 4.98 Å². The highest BCUT2D eigenvalue weighted by molar-refractivity contribution is 5.33. The summed E-state index contributed by atoms with van der Waals surface area (Å²) < 4.78 is 40.8. The zero-order valence-electron chi connectivity index (χ0n) is 9.49. The van der Waals surface area contributed by atoms with Gasteiger partial charge < -0.3 is 5.11 Å². The quantitative estimate of drug-likeness (QED) is 0.892. The van der Waals surface area contributed by atoms with E-state index in [0.717, 1.165) is 12.1 Å². The number of aromatic nitrogens is 1. The van der Waals surface area contributed by atoms with Crippen molar-refractivity contribution in [3.05, 3.63) is 64.7 Å². The second kappa shape index (κ2) is 4.78. The first-order chi connectivity index (χ1) is 8.52. The zero-order valence-corrected chi connectivity index (χ0v) is 9.49. The molecule has 1 heterocycles. The Morgan fingerprint density at radius 3 is 2.50 bits per heavy atom. The Bertz CT molecular complexity index is 586. The molecule has 1 atom stereocenters. The molecule has 5 heteroatoms. The lowest BCUT2D eigenvalue weighted by atomic mass is 10.0. The molecular weight excluding hydrogens is 243 g/mol. The first-order valence-electron chi connectivity index (χ1n) is 5.25. The number of aliphatic hydroxyl groups excluding tert-OH is 1. The summed E-state index contributed by atoms with van der Waals surface area (Å²) in [6, 6.07) is 4.67. The molecule has 2 rings (SSSR count). The molecule has 0 aliphatic heterocycles. The number of hydrogen-bond donors (Lipinski definition) is 1. The smallest absolute Gasteiger partial charge is 0.147 e. The highest BCUT2D eigenvalue weighted by atomic mass is 19.1. The van der Waals surface area contributed by atoms with Gasteiger partial charge in [-0.25, -0.2) is 13.2 Å². The van der Waals surface area contributed by atoms with E-state index < -0.39 is 34.8 Å². The van der Waals surface area contributed by atoms with Crippen molar-refractivity contribution >= 4 is 0 Å². The van der Waals surface area contributed by atoms with Gasteiger partial charge in [-0.1, -0.05) is 6.07 Å². The predicted molar refractivity (Wildman–Crippen MR) is 59.4 cm³/mol. The van der Waals surface area contributed by atoms with Crippen LogP contribution in [0.25, 0.3) is 0 Å². The third-order valence-electron chi connectivity index (χ3n) is 2.64. The summed E-state index contributed by atoms with van der Waals surface area (Å²) in [6.07, 6.45) is -0.529. The van der Waals surface area contributed by atoms with Crippen LogP contribution in [0.15, 0.2) is 30.5 Å². The van der Waals surface area contributed by atoms with Crippen molar-refractivity contribution < 1.29 is 18.3 Å². The number of nitrogens with zero attached hydrogens (tertiary/aromatic N) is 1. The molecule has 1 unspecified atom stereocenters. The van der Waals surface area contributed by atoms with Gasteiger partial charge in [0.15, 0.2) is 0 Å². The maximum atomic E-state index is 13.8. The van der Waals surface area contributed by atoms with Crippen molar-refractivity contribution in [2.45, 2.75) is 13.0 Å². The lowest BCUT2D eigenvalue weighted by Gasteiger charge is -2.14. The summed E-state index contributed by atoms with van der Waals surface area (Å²) in [5.41, 5.74) is -0.824. The molecule has 2 aromatic rings. The fourth-order valence-electron chi connectivity index (χ4n) is 1.66. The van der Waals surface area contributed by atoms with Crippen LogP contribution in [0.1, 0.15) is 22.9 Å². The Hall–Kier alpha value is -1.88. The third kappa shape index (κ3) is 2.09. The van der Waals surface area contributed by atoms with Crippen LogP contribution in [0, 0.1) is 24.4 Å². The zero-order chi connectivity index (χ0) is 13.3. The summed E-state index contributed by atoms with van der Waals surface area (Å²) in [7, 11) is 0. The maximum absolute atomic E-state index is 13.8. The number of rotatable bonds is 2. The van der Waals surface area contributed by atoms with E-state index in [-0.39, 0.29) is 5.56 Å². The maximum Gasteiger partial charge on any atom is 0.147 e. The summed E-state index contributed by atoms with van der Waals surface area (Å²) in [6.45, 7) is 1.43. The van der Waals surface area contributed by atoms with Crippen LogP contribution < -0.4 is 0 Å². The Morgan fingerprint density at radius 1 is 1.11 bits per heavy atom. The molecule has 1 N–H and O–H groups in total. The summed E-state index contributed by atoms with van der Waals surface area (Å²) in [4.78, 5) is 3.61. The normalized spacial score (nSPS) is 12.5. The van der Waals surface area contributed by atoms with Crippen molar-refractivity contribution in [2.24, 2.45) is 0 Å². The van der Waals surface area contributed by atoms with Crippen molar-refractivity contribution in [2.75, 3.05) is 0 Å². The molecule has 2 nitrogen and oxygen atoms in total. The SMILES string of the molecule is Cc1ccc(F)c(C(O)c2ncccc2F)c1F. The number of benzene rings is 1. The van der Waals surface area contributed by atoms with Crippen LogP contribution in [-0.2, 0) is 0 Å². The van der Waals surface area contributed by atoms with Gasteiger partial charge in [-0.15, -0.1) is 0 Å². The minimum atomic E-state index is -1.77. The van der Waals surface area contributed by atoms with Crippen molar-refractivity contribution in [3.8, 4) is 0 Å². The molecule has 0 bridgehead atoms. The van der Waals surface area contributed by atoms with E-state index in [1.54, 1.807) is 0 Å². The molecule has 0 amide bonds. The Labute approximate surface area is 102 Å². The van der Waals surface area contributed by atoms with Gasteiger partial charge in [0.05, 0.1) is 5.56 Å². The Kier molecular flexibility index (Phi) is 3.34. The Morgan fingerprint density at radius 2 is 1.83 bits per heavy atom. The standard InChI is InChI=1S/C13H10F3NO/c1-7-4-5-8(14)10(11(7)16)13(18)12-9(15)3-2-6-17-12/h2-6,13,18H,1H3. The largest absolute Gasteiger partial charge is 0.382 e. The van der Waals surface area contributed by atoms with Crippen LogP contribution in [-0.4, -0.2) is 10.1 Å². The second-order valence-corrected chi connectivity index (χ2v) is 3.86. The molecule has 0 fully saturated rings. The summed E-state index contributed by atoms with van der Waals surface area (Å²) >= 11 is 0. The molecule has 18 heavy (non-hydrogen) atoms. The van der Waals surface area contributed by atoms with E-state index >= 15 is 0 Å². The van der Waals surface area contributed by atoms with Gasteiger partial charge in [0, 0.05) is 6.20 Å². The lowest BCUT2D eigenvalue weighted by Crippen LogP contribution is -2.10. The van der Waals surface area contributed by atoms with E-state index in [4.69, 9.17) is 0 Å². The van der Waals surface area contributed by atoms with E-state index in [1.165, 1.54) is 25.3 Å². The number of halogens is 3. The topological polar surface area (TPSA) is 33.1 Å². The average molecular weight is 253 g/mol. The molecule has 0 spiro atoms. The molecule has 1 aromatic carbocycles. The van der Waals surface area contributed by atoms with Crippen molar-refractivity contribution in [1.29, 1.82) is 0 Å². The number of pyridine rings is 1. The van der Waals surface area contributed by atoms with Gasteiger partial charge in [-0.2, -0.15) is 0 Å². The van der Waals surface area contributed by atoms with Crippen molar-refractivity contribution in [3.63, 3.8) is 0 Å². The first-order valence-corrected chi connectivity index (χ1v) is 5.25. The van der Waals surface area contributed by atoms with E-state index in [2.05, 4.69) is 4.98 Å². The Balaban J connectivity index is 2.56. The van der Waals surface area contributed by atoms with Gasteiger partial charge >= 0.3 is 0 Å².